The van der Waals surface area contributed by atoms with Crippen molar-refractivity contribution >= 4 is 11.8 Å². The molecule has 2 aromatic carbocycles. The summed E-state index contributed by atoms with van der Waals surface area (Å²) in [4.78, 5) is 25.5. The molecule has 0 saturated carbocycles. The first kappa shape index (κ1) is 18.7. The van der Waals surface area contributed by atoms with Gasteiger partial charge in [-0.1, -0.05) is 60.7 Å². The van der Waals surface area contributed by atoms with Crippen LogP contribution in [0.15, 0.2) is 60.7 Å². The second-order valence-electron chi connectivity index (χ2n) is 5.76. The van der Waals surface area contributed by atoms with Gasteiger partial charge in [0.05, 0.1) is 6.10 Å². The zero-order valence-electron chi connectivity index (χ0n) is 13.7. The van der Waals surface area contributed by atoms with Gasteiger partial charge >= 0.3 is 12.1 Å². The van der Waals surface area contributed by atoms with Crippen LogP contribution in [0.2, 0.25) is 0 Å². The minimum absolute atomic E-state index is 0.218. The Labute approximate surface area is 143 Å². The molecule has 132 valence electrons. The molecular formula is C19H17F3O3. The monoisotopic (exact) mass is 350 g/mol. The Morgan fingerprint density at radius 1 is 0.880 bits per heavy atom. The quantitative estimate of drug-likeness (QED) is 0.458. The van der Waals surface area contributed by atoms with E-state index in [4.69, 9.17) is 4.74 Å². The summed E-state index contributed by atoms with van der Waals surface area (Å²) >= 11 is 0. The lowest BCUT2D eigenvalue weighted by atomic mass is 9.73. The normalized spacial score (nSPS) is 14.0. The molecule has 2 aromatic rings. The number of hydrogen-bond donors (Lipinski definition) is 0. The molecule has 6 heteroatoms. The zero-order valence-corrected chi connectivity index (χ0v) is 13.7. The largest absolute Gasteiger partial charge is 0.462 e. The van der Waals surface area contributed by atoms with E-state index in [0.29, 0.717) is 0 Å². The Hall–Kier alpha value is -2.63. The van der Waals surface area contributed by atoms with E-state index in [1.54, 1.807) is 6.07 Å². The van der Waals surface area contributed by atoms with E-state index < -0.39 is 35.0 Å². The molecule has 0 fully saturated rings. The first-order valence-electron chi connectivity index (χ1n) is 7.64. The van der Waals surface area contributed by atoms with Gasteiger partial charge in [0, 0.05) is 5.56 Å². The Balaban J connectivity index is 2.76. The predicted octanol–water partition coefficient (Wildman–Crippen LogP) is 4.32. The summed E-state index contributed by atoms with van der Waals surface area (Å²) in [6.45, 7) is 2.86. The first-order valence-corrected chi connectivity index (χ1v) is 7.64. The number of halogens is 3. The lowest BCUT2D eigenvalue weighted by molar-refractivity contribution is -0.200. The van der Waals surface area contributed by atoms with Gasteiger partial charge in [0.2, 0.25) is 5.41 Å². The van der Waals surface area contributed by atoms with E-state index in [-0.39, 0.29) is 5.56 Å². The number of ether oxygens (including phenoxy) is 1. The van der Waals surface area contributed by atoms with Gasteiger partial charge in [-0.05, 0) is 19.4 Å². The van der Waals surface area contributed by atoms with Crippen molar-refractivity contribution in [2.24, 2.45) is 0 Å². The second-order valence-corrected chi connectivity index (χ2v) is 5.76. The minimum Gasteiger partial charge on any atom is -0.462 e. The summed E-state index contributed by atoms with van der Waals surface area (Å²) in [5.41, 5.74) is -4.11. The third kappa shape index (κ3) is 3.43. The van der Waals surface area contributed by atoms with Gasteiger partial charge in [0.1, 0.15) is 0 Å². The van der Waals surface area contributed by atoms with Crippen LogP contribution in [0.25, 0.3) is 0 Å². The highest BCUT2D eigenvalue weighted by atomic mass is 19.4. The van der Waals surface area contributed by atoms with Crippen LogP contribution in [0, 0.1) is 0 Å². The van der Waals surface area contributed by atoms with Crippen LogP contribution in [-0.2, 0) is 14.9 Å². The molecule has 0 aliphatic carbocycles. The Morgan fingerprint density at radius 3 is 1.80 bits per heavy atom. The van der Waals surface area contributed by atoms with E-state index in [1.807, 2.05) is 0 Å². The predicted molar refractivity (Wildman–Crippen MR) is 86.2 cm³/mol. The smallest absolute Gasteiger partial charge is 0.416 e. The van der Waals surface area contributed by atoms with Gasteiger partial charge in [-0.15, -0.1) is 0 Å². The number of Topliss-reactive ketones (excluding diaryl/α,β-unsaturated/α-hetero) is 1. The van der Waals surface area contributed by atoms with E-state index >= 15 is 0 Å². The number of ketones is 1. The van der Waals surface area contributed by atoms with Gasteiger partial charge in [0.15, 0.2) is 5.78 Å². The molecule has 0 aliphatic rings. The van der Waals surface area contributed by atoms with Crippen LogP contribution in [0.3, 0.4) is 0 Å². The molecule has 0 aliphatic heterocycles. The van der Waals surface area contributed by atoms with Crippen LogP contribution < -0.4 is 0 Å². The summed E-state index contributed by atoms with van der Waals surface area (Å²) in [6.07, 6.45) is -5.98. The van der Waals surface area contributed by atoms with Crippen LogP contribution in [0.5, 0.6) is 0 Å². The molecule has 1 unspecified atom stereocenters. The van der Waals surface area contributed by atoms with Crippen molar-refractivity contribution in [3.8, 4) is 0 Å². The molecule has 0 N–H and O–H groups in total. The Bertz CT molecular complexity index is 740. The number of benzene rings is 2. The molecule has 0 spiro atoms. The third-order valence-electron chi connectivity index (χ3n) is 3.66. The molecule has 0 amide bonds. The number of rotatable bonds is 5. The zero-order chi connectivity index (χ0) is 18.7. The van der Waals surface area contributed by atoms with Crippen LogP contribution >= 0.6 is 0 Å². The Kier molecular flexibility index (Phi) is 5.30. The number of carbonyl (C=O) groups excluding carboxylic acids is 2. The van der Waals surface area contributed by atoms with Crippen molar-refractivity contribution in [1.82, 2.24) is 0 Å². The van der Waals surface area contributed by atoms with Gasteiger partial charge < -0.3 is 4.74 Å². The molecule has 25 heavy (non-hydrogen) atoms. The van der Waals surface area contributed by atoms with Gasteiger partial charge in [-0.2, -0.15) is 13.2 Å². The van der Waals surface area contributed by atoms with Crippen molar-refractivity contribution in [1.29, 1.82) is 0 Å². The maximum atomic E-state index is 14.2. The molecule has 2 rings (SSSR count). The highest BCUT2D eigenvalue weighted by Gasteiger charge is 2.68. The van der Waals surface area contributed by atoms with E-state index in [0.717, 1.165) is 12.1 Å². The fourth-order valence-corrected chi connectivity index (χ4v) is 2.55. The SMILES string of the molecule is CC(C)OC(=O)C(C(=O)c1ccccc1)(c1ccccc1)C(F)(F)F. The maximum absolute atomic E-state index is 14.2. The first-order chi connectivity index (χ1) is 11.7. The van der Waals surface area contributed by atoms with Crippen molar-refractivity contribution in [2.75, 3.05) is 0 Å². The highest BCUT2D eigenvalue weighted by molar-refractivity contribution is 6.18. The van der Waals surface area contributed by atoms with Crippen molar-refractivity contribution in [2.45, 2.75) is 31.5 Å². The molecule has 0 saturated heterocycles. The molecule has 3 nitrogen and oxygen atoms in total. The van der Waals surface area contributed by atoms with Gasteiger partial charge in [-0.25, -0.2) is 0 Å². The average Bonchev–Trinajstić information content (AvgIpc) is 2.55. The average molecular weight is 350 g/mol. The fourth-order valence-electron chi connectivity index (χ4n) is 2.55. The van der Waals surface area contributed by atoms with E-state index in [1.165, 1.54) is 56.3 Å². The second kappa shape index (κ2) is 7.09. The molecule has 0 bridgehead atoms. The van der Waals surface area contributed by atoms with Crippen molar-refractivity contribution < 1.29 is 27.5 Å². The van der Waals surface area contributed by atoms with Gasteiger partial charge in [-0.3, -0.25) is 9.59 Å². The molecule has 0 heterocycles. The van der Waals surface area contributed by atoms with Crippen molar-refractivity contribution in [3.05, 3.63) is 71.8 Å². The van der Waals surface area contributed by atoms with Gasteiger partial charge in [0.25, 0.3) is 0 Å². The maximum Gasteiger partial charge on any atom is 0.416 e. The molecule has 0 radical (unpaired) electrons. The molecule has 0 aromatic heterocycles. The lowest BCUT2D eigenvalue weighted by Gasteiger charge is -2.33. The topological polar surface area (TPSA) is 43.4 Å². The third-order valence-corrected chi connectivity index (χ3v) is 3.66. The van der Waals surface area contributed by atoms with Crippen LogP contribution in [0.4, 0.5) is 13.2 Å². The number of alkyl halides is 3. The molecule has 1 atom stereocenters. The Morgan fingerprint density at radius 2 is 1.36 bits per heavy atom. The highest BCUT2D eigenvalue weighted by Crippen LogP contribution is 2.45. The standard InChI is InChI=1S/C19H17F3O3/c1-13(2)25-17(24)18(19(20,21)22,15-11-7-4-8-12-15)16(23)14-9-5-3-6-10-14/h3-13H,1-2H3. The summed E-state index contributed by atoms with van der Waals surface area (Å²) in [6, 6.07) is 13.3. The number of carbonyl (C=O) groups is 2. The summed E-state index contributed by atoms with van der Waals surface area (Å²) in [7, 11) is 0. The lowest BCUT2D eigenvalue weighted by Crippen LogP contribution is -2.56. The fraction of sp³-hybridized carbons (Fsp3) is 0.263. The van der Waals surface area contributed by atoms with Crippen LogP contribution in [-0.4, -0.2) is 24.0 Å². The van der Waals surface area contributed by atoms with E-state index in [9.17, 15) is 22.8 Å². The van der Waals surface area contributed by atoms with Crippen molar-refractivity contribution in [3.63, 3.8) is 0 Å². The molecular weight excluding hydrogens is 333 g/mol. The van der Waals surface area contributed by atoms with Crippen LogP contribution in [0.1, 0.15) is 29.8 Å². The van der Waals surface area contributed by atoms with E-state index in [2.05, 4.69) is 0 Å². The summed E-state index contributed by atoms with van der Waals surface area (Å²) < 4.78 is 47.4. The number of hydrogen-bond acceptors (Lipinski definition) is 3. The minimum atomic E-state index is -5.17. The summed E-state index contributed by atoms with van der Waals surface area (Å²) in [5.74, 6) is -2.99. The summed E-state index contributed by atoms with van der Waals surface area (Å²) in [5, 5.41) is 0. The number of esters is 1.